The van der Waals surface area contributed by atoms with E-state index in [2.05, 4.69) is 0 Å². The molecule has 0 saturated heterocycles. The van der Waals surface area contributed by atoms with Gasteiger partial charge in [0.25, 0.3) is 5.91 Å². The van der Waals surface area contributed by atoms with E-state index in [1.807, 2.05) is 30.3 Å². The number of benzene rings is 2. The van der Waals surface area contributed by atoms with E-state index in [0.717, 1.165) is 11.3 Å². The molecule has 0 atom stereocenters. The first-order chi connectivity index (χ1) is 10.2. The van der Waals surface area contributed by atoms with E-state index in [1.54, 1.807) is 30.1 Å². The van der Waals surface area contributed by atoms with Crippen molar-refractivity contribution in [1.29, 1.82) is 0 Å². The maximum absolute atomic E-state index is 12.6. The predicted molar refractivity (Wildman–Crippen MR) is 78.7 cm³/mol. The summed E-state index contributed by atoms with van der Waals surface area (Å²) in [7, 11) is 1.71. The molecule has 0 N–H and O–H groups in total. The van der Waals surface area contributed by atoms with E-state index in [1.165, 1.54) is 0 Å². The van der Waals surface area contributed by atoms with Crippen LogP contribution in [0.4, 0.5) is 5.69 Å². The second-order valence-electron chi connectivity index (χ2n) is 5.02. The van der Waals surface area contributed by atoms with Crippen LogP contribution in [-0.4, -0.2) is 18.9 Å². The van der Waals surface area contributed by atoms with Crippen LogP contribution in [0.2, 0.25) is 0 Å². The third-order valence-electron chi connectivity index (χ3n) is 3.87. The number of ether oxygens (including phenoxy) is 1. The van der Waals surface area contributed by atoms with Crippen LogP contribution >= 0.6 is 0 Å². The smallest absolute Gasteiger partial charge is 0.345 e. The van der Waals surface area contributed by atoms with E-state index >= 15 is 0 Å². The number of nitrogens with zero attached hydrogens (tertiary/aromatic N) is 1. The van der Waals surface area contributed by atoms with Gasteiger partial charge in [-0.15, -0.1) is 0 Å². The Morgan fingerprint density at radius 3 is 2.33 bits per heavy atom. The van der Waals surface area contributed by atoms with Gasteiger partial charge >= 0.3 is 5.97 Å². The lowest BCUT2D eigenvalue weighted by molar-refractivity contribution is -0.127. The molecule has 102 valence electrons. The molecule has 2 aliphatic rings. The molecule has 0 saturated carbocycles. The molecule has 0 unspecified atom stereocenters. The number of carbonyl (C=O) groups excluding carboxylic acids is 2. The number of amides is 1. The van der Waals surface area contributed by atoms with Gasteiger partial charge in [-0.25, -0.2) is 4.79 Å². The zero-order valence-electron chi connectivity index (χ0n) is 11.3. The molecule has 21 heavy (non-hydrogen) atoms. The number of esters is 1. The lowest BCUT2D eigenvalue weighted by Crippen LogP contribution is -2.21. The van der Waals surface area contributed by atoms with Crippen LogP contribution < -0.4 is 9.64 Å². The molecule has 1 amide bonds. The quantitative estimate of drug-likeness (QED) is 0.422. The fraction of sp³-hybridized carbons (Fsp3) is 0.0588. The summed E-state index contributed by atoms with van der Waals surface area (Å²) in [6.07, 6.45) is 0. The first kappa shape index (κ1) is 11.9. The van der Waals surface area contributed by atoms with Crippen LogP contribution in [0.25, 0.3) is 11.1 Å². The van der Waals surface area contributed by atoms with Gasteiger partial charge in [0.1, 0.15) is 5.75 Å². The Bertz CT molecular complexity index is 835. The second kappa shape index (κ2) is 4.06. The fourth-order valence-corrected chi connectivity index (χ4v) is 2.87. The van der Waals surface area contributed by atoms with Gasteiger partial charge in [-0.05, 0) is 12.1 Å². The van der Waals surface area contributed by atoms with Gasteiger partial charge < -0.3 is 9.64 Å². The van der Waals surface area contributed by atoms with Crippen molar-refractivity contribution in [2.45, 2.75) is 0 Å². The Morgan fingerprint density at radius 2 is 1.52 bits per heavy atom. The van der Waals surface area contributed by atoms with Gasteiger partial charge in [0.05, 0.1) is 16.8 Å². The molecule has 4 rings (SSSR count). The molecule has 4 heteroatoms. The zero-order chi connectivity index (χ0) is 14.6. The summed E-state index contributed by atoms with van der Waals surface area (Å²) in [5.41, 5.74) is 3.03. The summed E-state index contributed by atoms with van der Waals surface area (Å²) in [5.74, 6) is -0.144. The van der Waals surface area contributed by atoms with Gasteiger partial charge in [0.2, 0.25) is 0 Å². The molecule has 4 nitrogen and oxygen atoms in total. The summed E-state index contributed by atoms with van der Waals surface area (Å²) < 4.78 is 5.26. The number of hydrogen-bond donors (Lipinski definition) is 0. The molecule has 2 aromatic rings. The molecule has 0 bridgehead atoms. The molecule has 0 spiro atoms. The molecular formula is C17H11NO3. The van der Waals surface area contributed by atoms with Crippen molar-refractivity contribution < 1.29 is 14.3 Å². The minimum absolute atomic E-state index is 0.181. The Kier molecular flexibility index (Phi) is 2.30. The predicted octanol–water partition coefficient (Wildman–Crippen LogP) is 2.49. The highest BCUT2D eigenvalue weighted by atomic mass is 16.5. The molecule has 0 radical (unpaired) electrons. The summed E-state index contributed by atoms with van der Waals surface area (Å²) in [6, 6.07) is 14.6. The normalized spacial score (nSPS) is 19.6. The van der Waals surface area contributed by atoms with Crippen molar-refractivity contribution >= 4 is 28.7 Å². The largest absolute Gasteiger partial charge is 0.422 e. The van der Waals surface area contributed by atoms with E-state index in [0.29, 0.717) is 22.5 Å². The maximum Gasteiger partial charge on any atom is 0.345 e. The number of likely N-dealkylation sites (N-methyl/N-ethyl adjacent to an activating group) is 1. The Morgan fingerprint density at radius 1 is 0.857 bits per heavy atom. The van der Waals surface area contributed by atoms with Crippen LogP contribution in [0.1, 0.15) is 11.1 Å². The standard InChI is InChI=1S/C17H11NO3/c1-18-12-8-4-2-6-10(12)14(16(18)19)15-11-7-3-5-9-13(11)21-17(15)20/h2-9H,1H3/b15-14+. The Hall–Kier alpha value is -2.88. The molecule has 2 aromatic carbocycles. The zero-order valence-corrected chi connectivity index (χ0v) is 11.3. The first-order valence-electron chi connectivity index (χ1n) is 6.62. The van der Waals surface area contributed by atoms with Gasteiger partial charge in [0.15, 0.2) is 0 Å². The number of carbonyl (C=O) groups is 2. The maximum atomic E-state index is 12.6. The minimum atomic E-state index is -0.468. The highest BCUT2D eigenvalue weighted by Crippen LogP contribution is 2.44. The summed E-state index contributed by atoms with van der Waals surface area (Å²) in [5, 5.41) is 0. The SMILES string of the molecule is CN1C(=O)/C(=C2/C(=O)Oc3ccccc32)c2ccccc21. The Balaban J connectivity index is 2.06. The van der Waals surface area contributed by atoms with Gasteiger partial charge in [0, 0.05) is 18.2 Å². The molecule has 2 heterocycles. The van der Waals surface area contributed by atoms with Crippen molar-refractivity contribution in [3.8, 4) is 5.75 Å². The number of fused-ring (bicyclic) bond motifs is 2. The third-order valence-corrected chi connectivity index (χ3v) is 3.87. The average Bonchev–Trinajstić information content (AvgIpc) is 2.95. The van der Waals surface area contributed by atoms with E-state index in [9.17, 15) is 9.59 Å². The van der Waals surface area contributed by atoms with Crippen LogP contribution in [-0.2, 0) is 9.59 Å². The molecule has 2 aliphatic heterocycles. The molecule has 0 fully saturated rings. The first-order valence-corrected chi connectivity index (χ1v) is 6.62. The molecular weight excluding hydrogens is 266 g/mol. The molecule has 0 aromatic heterocycles. The molecule has 0 aliphatic carbocycles. The van der Waals surface area contributed by atoms with Crippen molar-refractivity contribution in [2.24, 2.45) is 0 Å². The van der Waals surface area contributed by atoms with Crippen LogP contribution in [0.3, 0.4) is 0 Å². The fourth-order valence-electron chi connectivity index (χ4n) is 2.87. The third kappa shape index (κ3) is 1.50. The topological polar surface area (TPSA) is 46.6 Å². The lowest BCUT2D eigenvalue weighted by atomic mass is 9.96. The highest BCUT2D eigenvalue weighted by Gasteiger charge is 2.38. The highest BCUT2D eigenvalue weighted by molar-refractivity contribution is 6.46. The number of hydrogen-bond acceptors (Lipinski definition) is 3. The summed E-state index contributed by atoms with van der Waals surface area (Å²) in [6.45, 7) is 0. The van der Waals surface area contributed by atoms with Crippen LogP contribution in [0.15, 0.2) is 48.5 Å². The van der Waals surface area contributed by atoms with Crippen molar-refractivity contribution in [3.63, 3.8) is 0 Å². The average molecular weight is 277 g/mol. The van der Waals surface area contributed by atoms with Crippen molar-refractivity contribution in [2.75, 3.05) is 11.9 Å². The minimum Gasteiger partial charge on any atom is -0.422 e. The van der Waals surface area contributed by atoms with E-state index < -0.39 is 5.97 Å². The van der Waals surface area contributed by atoms with Crippen LogP contribution in [0.5, 0.6) is 5.75 Å². The van der Waals surface area contributed by atoms with Crippen molar-refractivity contribution in [3.05, 3.63) is 59.7 Å². The van der Waals surface area contributed by atoms with E-state index in [-0.39, 0.29) is 5.91 Å². The summed E-state index contributed by atoms with van der Waals surface area (Å²) in [4.78, 5) is 26.4. The van der Waals surface area contributed by atoms with E-state index in [4.69, 9.17) is 4.74 Å². The monoisotopic (exact) mass is 277 g/mol. The summed E-state index contributed by atoms with van der Waals surface area (Å²) >= 11 is 0. The number of para-hydroxylation sites is 2. The lowest BCUT2D eigenvalue weighted by Gasteiger charge is -2.08. The van der Waals surface area contributed by atoms with Gasteiger partial charge in [-0.2, -0.15) is 0 Å². The van der Waals surface area contributed by atoms with Crippen LogP contribution in [0, 0.1) is 0 Å². The number of rotatable bonds is 0. The van der Waals surface area contributed by atoms with Gasteiger partial charge in [-0.3, -0.25) is 4.79 Å². The Labute approximate surface area is 121 Å². The number of anilines is 1. The second-order valence-corrected chi connectivity index (χ2v) is 5.02. The van der Waals surface area contributed by atoms with Crippen molar-refractivity contribution in [1.82, 2.24) is 0 Å². The van der Waals surface area contributed by atoms with Gasteiger partial charge in [-0.1, -0.05) is 36.4 Å².